The predicted molar refractivity (Wildman–Crippen MR) is 82.3 cm³/mol. The summed E-state index contributed by atoms with van der Waals surface area (Å²) in [6, 6.07) is 5.38. The number of benzene rings is 1. The van der Waals surface area contributed by atoms with Gasteiger partial charge in [0.2, 0.25) is 0 Å². The van der Waals surface area contributed by atoms with Gasteiger partial charge in [0.25, 0.3) is 5.91 Å². The van der Waals surface area contributed by atoms with Crippen LogP contribution in [0.25, 0.3) is 0 Å². The predicted octanol–water partition coefficient (Wildman–Crippen LogP) is 2.13. The van der Waals surface area contributed by atoms with E-state index < -0.39 is 12.2 Å². The zero-order chi connectivity index (χ0) is 15.4. The Balaban J connectivity index is 2.08. The quantitative estimate of drug-likeness (QED) is 0.896. The number of carbonyl (C=O) groups excluding carboxylic acids is 1. The highest BCUT2D eigenvalue weighted by atomic mass is 79.9. The maximum atomic E-state index is 12.3. The summed E-state index contributed by atoms with van der Waals surface area (Å²) >= 11 is 3.37. The van der Waals surface area contributed by atoms with Crippen molar-refractivity contribution in [3.8, 4) is 5.75 Å². The number of hydrogen-bond donors (Lipinski definition) is 1. The number of amides is 1. The van der Waals surface area contributed by atoms with Crippen LogP contribution in [-0.2, 0) is 9.53 Å². The van der Waals surface area contributed by atoms with Crippen molar-refractivity contribution in [3.05, 3.63) is 28.2 Å². The molecule has 1 fully saturated rings. The average Bonchev–Trinajstić information content (AvgIpc) is 2.49. The molecule has 0 spiro atoms. The van der Waals surface area contributed by atoms with E-state index in [0.717, 1.165) is 4.47 Å². The number of ether oxygens (including phenoxy) is 2. The molecule has 1 N–H and O–H groups in total. The van der Waals surface area contributed by atoms with E-state index in [2.05, 4.69) is 15.9 Å². The Morgan fingerprint density at radius 2 is 2.05 bits per heavy atom. The maximum Gasteiger partial charge on any atom is 0.263 e. The summed E-state index contributed by atoms with van der Waals surface area (Å²) in [6.45, 7) is 5.71. The Morgan fingerprint density at radius 1 is 1.38 bits per heavy atom. The molecule has 116 valence electrons. The second kappa shape index (κ2) is 7.24. The molecule has 0 saturated carbocycles. The number of halogens is 1. The molecule has 1 aromatic carbocycles. The first-order valence-corrected chi connectivity index (χ1v) is 7.79. The monoisotopic (exact) mass is 357 g/mol. The highest BCUT2D eigenvalue weighted by Gasteiger charge is 2.24. The zero-order valence-corrected chi connectivity index (χ0v) is 13.8. The van der Waals surface area contributed by atoms with Gasteiger partial charge in [0, 0.05) is 23.1 Å². The van der Waals surface area contributed by atoms with Crippen molar-refractivity contribution in [1.29, 1.82) is 0 Å². The molecular weight excluding hydrogens is 338 g/mol. The van der Waals surface area contributed by atoms with E-state index >= 15 is 0 Å². The second-order valence-electron chi connectivity index (χ2n) is 5.06. The largest absolute Gasteiger partial charge is 0.481 e. The second-order valence-corrected chi connectivity index (χ2v) is 5.97. The number of aliphatic hydroxyl groups excluding tert-OH is 1. The van der Waals surface area contributed by atoms with Crippen LogP contribution in [0.1, 0.15) is 25.5 Å². The van der Waals surface area contributed by atoms with E-state index in [0.29, 0.717) is 37.6 Å². The number of aliphatic hydroxyl groups is 1. The molecule has 1 saturated heterocycles. The Bertz CT molecular complexity index is 500. The van der Waals surface area contributed by atoms with Crippen molar-refractivity contribution in [2.75, 3.05) is 26.3 Å². The smallest absolute Gasteiger partial charge is 0.263 e. The van der Waals surface area contributed by atoms with E-state index in [-0.39, 0.29) is 5.91 Å². The molecule has 6 heteroatoms. The average molecular weight is 358 g/mol. The highest BCUT2D eigenvalue weighted by molar-refractivity contribution is 9.10. The van der Waals surface area contributed by atoms with Crippen LogP contribution in [0.4, 0.5) is 0 Å². The lowest BCUT2D eigenvalue weighted by Gasteiger charge is -2.29. The number of rotatable bonds is 4. The summed E-state index contributed by atoms with van der Waals surface area (Å²) in [4.78, 5) is 14.1. The minimum Gasteiger partial charge on any atom is -0.481 e. The van der Waals surface area contributed by atoms with Crippen LogP contribution < -0.4 is 4.74 Å². The third kappa shape index (κ3) is 4.18. The summed E-state index contributed by atoms with van der Waals surface area (Å²) < 4.78 is 11.9. The molecule has 2 unspecified atom stereocenters. The first-order valence-electron chi connectivity index (χ1n) is 6.99. The topological polar surface area (TPSA) is 59.0 Å². The standard InChI is InChI=1S/C15H20BrNO4/c1-10(18)13-9-12(16)3-4-14(13)21-11(2)15(19)17-5-7-20-8-6-17/h3-4,9-11,18H,5-8H2,1-2H3. The summed E-state index contributed by atoms with van der Waals surface area (Å²) in [7, 11) is 0. The van der Waals surface area contributed by atoms with Gasteiger partial charge in [-0.3, -0.25) is 4.79 Å². The maximum absolute atomic E-state index is 12.3. The highest BCUT2D eigenvalue weighted by Crippen LogP contribution is 2.29. The van der Waals surface area contributed by atoms with E-state index in [1.54, 1.807) is 30.9 Å². The first-order chi connectivity index (χ1) is 9.99. The van der Waals surface area contributed by atoms with Gasteiger partial charge in [0.15, 0.2) is 6.10 Å². The summed E-state index contributed by atoms with van der Waals surface area (Å²) in [5, 5.41) is 9.82. The minimum absolute atomic E-state index is 0.0576. The van der Waals surface area contributed by atoms with Gasteiger partial charge in [-0.25, -0.2) is 0 Å². The molecule has 21 heavy (non-hydrogen) atoms. The van der Waals surface area contributed by atoms with E-state index in [1.165, 1.54) is 0 Å². The number of nitrogens with zero attached hydrogens (tertiary/aromatic N) is 1. The van der Waals surface area contributed by atoms with Gasteiger partial charge in [-0.1, -0.05) is 15.9 Å². The Hall–Kier alpha value is -1.11. The third-order valence-electron chi connectivity index (χ3n) is 3.40. The van der Waals surface area contributed by atoms with Crippen LogP contribution in [0.15, 0.2) is 22.7 Å². The van der Waals surface area contributed by atoms with Gasteiger partial charge in [0.1, 0.15) is 5.75 Å². The van der Waals surface area contributed by atoms with Gasteiger partial charge in [-0.05, 0) is 32.0 Å². The molecule has 1 heterocycles. The van der Waals surface area contributed by atoms with Gasteiger partial charge < -0.3 is 19.5 Å². The van der Waals surface area contributed by atoms with Crippen molar-refractivity contribution in [2.45, 2.75) is 26.1 Å². The molecule has 0 aromatic heterocycles. The first kappa shape index (κ1) is 16.3. The lowest BCUT2D eigenvalue weighted by molar-refractivity contribution is -0.142. The van der Waals surface area contributed by atoms with E-state index in [1.807, 2.05) is 6.07 Å². The van der Waals surface area contributed by atoms with Crippen molar-refractivity contribution < 1.29 is 19.4 Å². The van der Waals surface area contributed by atoms with E-state index in [9.17, 15) is 9.90 Å². The Labute approximate surface area is 133 Å². The van der Waals surface area contributed by atoms with Gasteiger partial charge in [-0.15, -0.1) is 0 Å². The van der Waals surface area contributed by atoms with Crippen LogP contribution in [0.3, 0.4) is 0 Å². The van der Waals surface area contributed by atoms with Crippen LogP contribution >= 0.6 is 15.9 Å². The fraction of sp³-hybridized carbons (Fsp3) is 0.533. The summed E-state index contributed by atoms with van der Waals surface area (Å²) in [5.74, 6) is 0.472. The third-order valence-corrected chi connectivity index (χ3v) is 3.89. The number of carbonyl (C=O) groups is 1. The molecule has 0 bridgehead atoms. The van der Waals surface area contributed by atoms with Crippen molar-refractivity contribution in [3.63, 3.8) is 0 Å². The Morgan fingerprint density at radius 3 is 2.67 bits per heavy atom. The van der Waals surface area contributed by atoms with Crippen LogP contribution in [0.5, 0.6) is 5.75 Å². The Kier molecular flexibility index (Phi) is 5.61. The zero-order valence-electron chi connectivity index (χ0n) is 12.2. The summed E-state index contributed by atoms with van der Waals surface area (Å²) in [6.07, 6.45) is -1.26. The fourth-order valence-corrected chi connectivity index (χ4v) is 2.61. The van der Waals surface area contributed by atoms with Gasteiger partial charge >= 0.3 is 0 Å². The van der Waals surface area contributed by atoms with Crippen LogP contribution in [-0.4, -0.2) is 48.3 Å². The molecule has 2 atom stereocenters. The van der Waals surface area contributed by atoms with Gasteiger partial charge in [0.05, 0.1) is 19.3 Å². The summed E-state index contributed by atoms with van der Waals surface area (Å²) in [5.41, 5.74) is 0.658. The molecule has 0 aliphatic carbocycles. The lowest BCUT2D eigenvalue weighted by atomic mass is 10.1. The molecule has 2 rings (SSSR count). The van der Waals surface area contributed by atoms with Gasteiger partial charge in [-0.2, -0.15) is 0 Å². The molecule has 1 aromatic rings. The molecular formula is C15H20BrNO4. The number of morpholine rings is 1. The number of hydrogen-bond acceptors (Lipinski definition) is 4. The fourth-order valence-electron chi connectivity index (χ4n) is 2.23. The molecule has 5 nitrogen and oxygen atoms in total. The minimum atomic E-state index is -0.664. The van der Waals surface area contributed by atoms with Crippen LogP contribution in [0, 0.1) is 0 Å². The van der Waals surface area contributed by atoms with E-state index in [4.69, 9.17) is 9.47 Å². The SMILES string of the molecule is CC(Oc1ccc(Br)cc1C(C)O)C(=O)N1CCOCC1. The van der Waals surface area contributed by atoms with Crippen molar-refractivity contribution in [1.82, 2.24) is 4.90 Å². The molecule has 1 aliphatic rings. The van der Waals surface area contributed by atoms with Crippen LogP contribution in [0.2, 0.25) is 0 Å². The molecule has 1 aliphatic heterocycles. The van der Waals surface area contributed by atoms with Crippen molar-refractivity contribution >= 4 is 21.8 Å². The van der Waals surface area contributed by atoms with Crippen molar-refractivity contribution in [2.24, 2.45) is 0 Å². The molecule has 0 radical (unpaired) electrons. The lowest BCUT2D eigenvalue weighted by Crippen LogP contribution is -2.46. The normalized spacial score (nSPS) is 18.2. The molecule has 1 amide bonds.